The first-order chi connectivity index (χ1) is 7.74. The number of rotatable bonds is 6. The minimum absolute atomic E-state index is 1.03. The van der Waals surface area contributed by atoms with E-state index in [-0.39, 0.29) is 0 Å². The molecule has 0 spiro atoms. The van der Waals surface area contributed by atoms with E-state index in [9.17, 15) is 0 Å². The maximum atomic E-state index is 3.48. The molecular weight excluding hydrogens is 262 g/mol. The molecule has 0 unspecified atom stereocenters. The molecule has 1 aromatic rings. The molecule has 0 amide bonds. The van der Waals surface area contributed by atoms with Gasteiger partial charge < -0.3 is 4.90 Å². The first kappa shape index (κ1) is 13.5. The van der Waals surface area contributed by atoms with Crippen LogP contribution in [0, 0.1) is 0 Å². The number of benzene rings is 1. The van der Waals surface area contributed by atoms with Crippen molar-refractivity contribution in [3.63, 3.8) is 0 Å². The fraction of sp³-hybridized carbons (Fsp3) is 0.429. The normalized spacial score (nSPS) is 12.1. The lowest BCUT2D eigenvalue weighted by Crippen LogP contribution is -2.13. The summed E-state index contributed by atoms with van der Waals surface area (Å²) in [7, 11) is 4.24. The van der Waals surface area contributed by atoms with Crippen LogP contribution < -0.4 is 0 Å². The number of halogens is 1. The number of hydrogen-bond acceptors (Lipinski definition) is 1. The third kappa shape index (κ3) is 4.95. The summed E-state index contributed by atoms with van der Waals surface area (Å²) in [4.78, 5) is 2.23. The van der Waals surface area contributed by atoms with Crippen LogP contribution in [0.2, 0.25) is 0 Å². The second-order valence-electron chi connectivity index (χ2n) is 4.13. The fourth-order valence-corrected chi connectivity index (χ4v) is 1.82. The van der Waals surface area contributed by atoms with Crippen molar-refractivity contribution in [2.24, 2.45) is 0 Å². The van der Waals surface area contributed by atoms with Crippen molar-refractivity contribution in [1.29, 1.82) is 0 Å². The van der Waals surface area contributed by atoms with Crippen LogP contribution in [0.1, 0.15) is 18.4 Å². The van der Waals surface area contributed by atoms with Gasteiger partial charge in [-0.3, -0.25) is 0 Å². The molecule has 0 saturated heterocycles. The number of hydrogen-bond donors (Lipinski definition) is 0. The monoisotopic (exact) mass is 281 g/mol. The van der Waals surface area contributed by atoms with E-state index in [1.54, 1.807) is 0 Å². The second-order valence-corrected chi connectivity index (χ2v) is 4.92. The zero-order chi connectivity index (χ0) is 11.8. The number of allylic oxidation sites excluding steroid dienone is 1. The molecule has 0 aromatic heterocycles. The summed E-state index contributed by atoms with van der Waals surface area (Å²) < 4.78 is 0. The molecule has 0 radical (unpaired) electrons. The molecular formula is C14H20BrN. The van der Waals surface area contributed by atoms with Gasteiger partial charge in [0.2, 0.25) is 0 Å². The summed E-state index contributed by atoms with van der Waals surface area (Å²) in [6.45, 7) is 1.10. The van der Waals surface area contributed by atoms with Crippen molar-refractivity contribution in [2.75, 3.05) is 26.0 Å². The SMILES string of the molecule is CN(C)CCC(=CCCBr)c1ccccc1. The highest BCUT2D eigenvalue weighted by atomic mass is 79.9. The van der Waals surface area contributed by atoms with E-state index >= 15 is 0 Å². The third-order valence-electron chi connectivity index (χ3n) is 2.47. The largest absolute Gasteiger partial charge is 0.309 e. The standard InChI is InChI=1S/C14H20BrN/c1-16(2)12-10-14(9-6-11-15)13-7-4-3-5-8-13/h3-5,7-9H,6,10-12H2,1-2H3. The lowest BCUT2D eigenvalue weighted by atomic mass is 10.0. The van der Waals surface area contributed by atoms with Crippen molar-refractivity contribution in [3.05, 3.63) is 42.0 Å². The van der Waals surface area contributed by atoms with Crippen LogP contribution in [0.5, 0.6) is 0 Å². The van der Waals surface area contributed by atoms with Gasteiger partial charge in [-0.1, -0.05) is 52.3 Å². The van der Waals surface area contributed by atoms with E-state index in [1.165, 1.54) is 11.1 Å². The van der Waals surface area contributed by atoms with Gasteiger partial charge in [0.1, 0.15) is 0 Å². The van der Waals surface area contributed by atoms with Gasteiger partial charge in [-0.2, -0.15) is 0 Å². The Hall–Kier alpha value is -0.600. The Bertz CT molecular complexity index is 317. The molecule has 0 N–H and O–H groups in total. The van der Waals surface area contributed by atoms with Gasteiger partial charge in [-0.25, -0.2) is 0 Å². The first-order valence-corrected chi connectivity index (χ1v) is 6.81. The van der Waals surface area contributed by atoms with E-state index in [0.717, 1.165) is 24.7 Å². The number of nitrogens with zero attached hydrogens (tertiary/aromatic N) is 1. The maximum Gasteiger partial charge on any atom is 0.00661 e. The predicted molar refractivity (Wildman–Crippen MR) is 76.0 cm³/mol. The van der Waals surface area contributed by atoms with Gasteiger partial charge in [0.05, 0.1) is 0 Å². The van der Waals surface area contributed by atoms with Gasteiger partial charge in [-0.15, -0.1) is 0 Å². The third-order valence-corrected chi connectivity index (χ3v) is 2.93. The van der Waals surface area contributed by atoms with E-state index in [4.69, 9.17) is 0 Å². The van der Waals surface area contributed by atoms with Crippen molar-refractivity contribution in [2.45, 2.75) is 12.8 Å². The van der Waals surface area contributed by atoms with Crippen molar-refractivity contribution < 1.29 is 0 Å². The molecule has 16 heavy (non-hydrogen) atoms. The van der Waals surface area contributed by atoms with Crippen LogP contribution in [-0.4, -0.2) is 30.9 Å². The summed E-state index contributed by atoms with van der Waals surface area (Å²) >= 11 is 3.48. The van der Waals surface area contributed by atoms with Crippen LogP contribution in [-0.2, 0) is 0 Å². The topological polar surface area (TPSA) is 3.24 Å². The Kier molecular flexibility index (Phi) is 6.43. The Morgan fingerprint density at radius 3 is 2.50 bits per heavy atom. The predicted octanol–water partition coefficient (Wildman–Crippen LogP) is 3.81. The fourth-order valence-electron chi connectivity index (χ4n) is 1.59. The summed E-state index contributed by atoms with van der Waals surface area (Å²) in [5, 5.41) is 1.03. The van der Waals surface area contributed by atoms with E-state index < -0.39 is 0 Å². The van der Waals surface area contributed by atoms with Gasteiger partial charge in [0.15, 0.2) is 0 Å². The average molecular weight is 282 g/mol. The van der Waals surface area contributed by atoms with Crippen molar-refractivity contribution in [3.8, 4) is 0 Å². The van der Waals surface area contributed by atoms with Gasteiger partial charge in [0.25, 0.3) is 0 Å². The highest BCUT2D eigenvalue weighted by Crippen LogP contribution is 2.19. The first-order valence-electron chi connectivity index (χ1n) is 5.69. The molecule has 2 heteroatoms. The van der Waals surface area contributed by atoms with Crippen LogP contribution in [0.15, 0.2) is 36.4 Å². The second kappa shape index (κ2) is 7.64. The highest BCUT2D eigenvalue weighted by molar-refractivity contribution is 9.09. The molecule has 0 heterocycles. The van der Waals surface area contributed by atoms with Crippen LogP contribution in [0.3, 0.4) is 0 Å². The summed E-state index contributed by atoms with van der Waals surface area (Å²) in [5.41, 5.74) is 2.80. The summed E-state index contributed by atoms with van der Waals surface area (Å²) in [6.07, 6.45) is 4.55. The molecule has 0 aliphatic heterocycles. The lowest BCUT2D eigenvalue weighted by Gasteiger charge is -2.12. The number of alkyl halides is 1. The van der Waals surface area contributed by atoms with Crippen LogP contribution >= 0.6 is 15.9 Å². The van der Waals surface area contributed by atoms with Gasteiger partial charge >= 0.3 is 0 Å². The molecule has 1 rings (SSSR count). The Balaban J connectivity index is 2.72. The van der Waals surface area contributed by atoms with E-state index in [1.807, 2.05) is 0 Å². The molecule has 0 bridgehead atoms. The molecule has 0 fully saturated rings. The summed E-state index contributed by atoms with van der Waals surface area (Å²) in [5.74, 6) is 0. The van der Waals surface area contributed by atoms with E-state index in [2.05, 4.69) is 71.3 Å². The molecule has 0 aliphatic carbocycles. The van der Waals surface area contributed by atoms with Gasteiger partial charge in [-0.05, 0) is 38.1 Å². The lowest BCUT2D eigenvalue weighted by molar-refractivity contribution is 0.419. The highest BCUT2D eigenvalue weighted by Gasteiger charge is 2.01. The minimum atomic E-state index is 1.03. The molecule has 1 aromatic carbocycles. The van der Waals surface area contributed by atoms with Crippen LogP contribution in [0.4, 0.5) is 0 Å². The van der Waals surface area contributed by atoms with Crippen molar-refractivity contribution >= 4 is 21.5 Å². The molecule has 88 valence electrons. The van der Waals surface area contributed by atoms with Crippen LogP contribution in [0.25, 0.3) is 5.57 Å². The quantitative estimate of drug-likeness (QED) is 0.717. The zero-order valence-corrected chi connectivity index (χ0v) is 11.7. The Morgan fingerprint density at radius 1 is 1.25 bits per heavy atom. The molecule has 0 aliphatic rings. The molecule has 0 atom stereocenters. The molecule has 0 saturated carbocycles. The zero-order valence-electron chi connectivity index (χ0n) is 10.1. The smallest absolute Gasteiger partial charge is 0.00661 e. The summed E-state index contributed by atoms with van der Waals surface area (Å²) in [6, 6.07) is 10.7. The van der Waals surface area contributed by atoms with Crippen molar-refractivity contribution in [1.82, 2.24) is 4.90 Å². The minimum Gasteiger partial charge on any atom is -0.309 e. The average Bonchev–Trinajstić information content (AvgIpc) is 2.30. The maximum absolute atomic E-state index is 3.48. The Morgan fingerprint density at radius 2 is 1.94 bits per heavy atom. The molecule has 1 nitrogen and oxygen atoms in total. The van der Waals surface area contributed by atoms with E-state index in [0.29, 0.717) is 0 Å². The Labute approximate surface area is 107 Å². The van der Waals surface area contributed by atoms with Gasteiger partial charge in [0, 0.05) is 11.9 Å².